The van der Waals surface area contributed by atoms with Crippen LogP contribution in [0.2, 0.25) is 5.02 Å². The van der Waals surface area contributed by atoms with E-state index in [0.717, 1.165) is 22.8 Å². The molecule has 1 rings (SSSR count). The van der Waals surface area contributed by atoms with Gasteiger partial charge in [0, 0.05) is 36.9 Å². The van der Waals surface area contributed by atoms with E-state index in [2.05, 4.69) is 19.2 Å². The predicted octanol–water partition coefficient (Wildman–Crippen LogP) is 2.27. The fraction of sp³-hybridized carbons (Fsp3) is 0.538. The molecule has 0 saturated carbocycles. The quantitative estimate of drug-likeness (QED) is 0.820. The molecule has 17 heavy (non-hydrogen) atoms. The van der Waals surface area contributed by atoms with Crippen molar-refractivity contribution in [3.8, 4) is 0 Å². The SMILES string of the molecule is CC(C)NCc1ccc(N(C)CCO)cc1Cl. The summed E-state index contributed by atoms with van der Waals surface area (Å²) in [5, 5.41) is 13.0. The zero-order chi connectivity index (χ0) is 12.8. The van der Waals surface area contributed by atoms with E-state index in [9.17, 15) is 0 Å². The minimum absolute atomic E-state index is 0.144. The molecule has 0 aromatic heterocycles. The maximum atomic E-state index is 8.88. The number of nitrogens with zero attached hydrogens (tertiary/aromatic N) is 1. The van der Waals surface area contributed by atoms with Gasteiger partial charge >= 0.3 is 0 Å². The van der Waals surface area contributed by atoms with Crippen molar-refractivity contribution in [1.29, 1.82) is 0 Å². The van der Waals surface area contributed by atoms with Crippen LogP contribution in [0.1, 0.15) is 19.4 Å². The monoisotopic (exact) mass is 256 g/mol. The van der Waals surface area contributed by atoms with Gasteiger partial charge in [-0.1, -0.05) is 31.5 Å². The van der Waals surface area contributed by atoms with Crippen molar-refractivity contribution in [3.63, 3.8) is 0 Å². The Labute approximate surface area is 108 Å². The third-order valence-electron chi connectivity index (χ3n) is 2.61. The fourth-order valence-corrected chi connectivity index (χ4v) is 1.75. The van der Waals surface area contributed by atoms with Gasteiger partial charge < -0.3 is 15.3 Å². The molecule has 0 unspecified atom stereocenters. The summed E-state index contributed by atoms with van der Waals surface area (Å²) in [6, 6.07) is 6.44. The first kappa shape index (κ1) is 14.3. The number of hydrogen-bond donors (Lipinski definition) is 2. The van der Waals surface area contributed by atoms with Gasteiger partial charge in [0.2, 0.25) is 0 Å². The van der Waals surface area contributed by atoms with Gasteiger partial charge in [-0.25, -0.2) is 0 Å². The largest absolute Gasteiger partial charge is 0.395 e. The average Bonchev–Trinajstić information content (AvgIpc) is 2.27. The maximum Gasteiger partial charge on any atom is 0.0606 e. The Morgan fingerprint density at radius 2 is 2.12 bits per heavy atom. The van der Waals surface area contributed by atoms with Crippen LogP contribution < -0.4 is 10.2 Å². The van der Waals surface area contributed by atoms with E-state index in [1.807, 2.05) is 30.1 Å². The van der Waals surface area contributed by atoms with Gasteiger partial charge in [-0.05, 0) is 17.7 Å². The molecule has 0 fully saturated rings. The van der Waals surface area contributed by atoms with Crippen molar-refractivity contribution in [2.24, 2.45) is 0 Å². The van der Waals surface area contributed by atoms with Crippen molar-refractivity contribution in [1.82, 2.24) is 5.32 Å². The standard InChI is InChI=1S/C13H21ClN2O/c1-10(2)15-9-11-4-5-12(8-13(11)14)16(3)6-7-17/h4-5,8,10,15,17H,6-7,9H2,1-3H3. The summed E-state index contributed by atoms with van der Waals surface area (Å²) in [5.74, 6) is 0. The summed E-state index contributed by atoms with van der Waals surface area (Å²) in [5.41, 5.74) is 2.12. The Kier molecular flexibility index (Phi) is 5.75. The van der Waals surface area contributed by atoms with Gasteiger partial charge in [0.15, 0.2) is 0 Å². The molecule has 0 aliphatic rings. The lowest BCUT2D eigenvalue weighted by Gasteiger charge is -2.19. The van der Waals surface area contributed by atoms with Crippen LogP contribution in [0.15, 0.2) is 18.2 Å². The normalized spacial score (nSPS) is 10.9. The summed E-state index contributed by atoms with van der Waals surface area (Å²) in [4.78, 5) is 1.98. The topological polar surface area (TPSA) is 35.5 Å². The van der Waals surface area contributed by atoms with Crippen LogP contribution >= 0.6 is 11.6 Å². The molecular formula is C13H21ClN2O. The minimum Gasteiger partial charge on any atom is -0.395 e. The van der Waals surface area contributed by atoms with E-state index < -0.39 is 0 Å². The number of aliphatic hydroxyl groups excluding tert-OH is 1. The van der Waals surface area contributed by atoms with Gasteiger partial charge in [-0.2, -0.15) is 0 Å². The lowest BCUT2D eigenvalue weighted by Crippen LogP contribution is -2.23. The lowest BCUT2D eigenvalue weighted by atomic mass is 10.2. The van der Waals surface area contributed by atoms with E-state index in [1.54, 1.807) is 0 Å². The predicted molar refractivity (Wildman–Crippen MR) is 73.8 cm³/mol. The van der Waals surface area contributed by atoms with E-state index >= 15 is 0 Å². The minimum atomic E-state index is 0.144. The summed E-state index contributed by atoms with van der Waals surface area (Å²) >= 11 is 6.23. The second-order valence-electron chi connectivity index (χ2n) is 4.46. The third kappa shape index (κ3) is 4.54. The molecule has 0 aliphatic carbocycles. The van der Waals surface area contributed by atoms with Crippen LogP contribution in [0.25, 0.3) is 0 Å². The molecule has 0 saturated heterocycles. The van der Waals surface area contributed by atoms with Crippen LogP contribution in [-0.4, -0.2) is 31.3 Å². The van der Waals surface area contributed by atoms with Crippen LogP contribution in [0.3, 0.4) is 0 Å². The molecule has 0 atom stereocenters. The molecule has 3 nitrogen and oxygen atoms in total. The summed E-state index contributed by atoms with van der Waals surface area (Å²) in [7, 11) is 1.94. The molecule has 0 spiro atoms. The summed E-state index contributed by atoms with van der Waals surface area (Å²) < 4.78 is 0. The highest BCUT2D eigenvalue weighted by molar-refractivity contribution is 6.31. The number of halogens is 1. The Morgan fingerprint density at radius 1 is 1.41 bits per heavy atom. The smallest absolute Gasteiger partial charge is 0.0606 e. The molecule has 0 heterocycles. The highest BCUT2D eigenvalue weighted by Gasteiger charge is 2.05. The number of hydrogen-bond acceptors (Lipinski definition) is 3. The Balaban J connectivity index is 2.72. The number of rotatable bonds is 6. The number of nitrogens with one attached hydrogen (secondary N) is 1. The van der Waals surface area contributed by atoms with Crippen molar-refractivity contribution >= 4 is 17.3 Å². The second kappa shape index (κ2) is 6.84. The van der Waals surface area contributed by atoms with Crippen molar-refractivity contribution in [3.05, 3.63) is 28.8 Å². The highest BCUT2D eigenvalue weighted by atomic mass is 35.5. The van der Waals surface area contributed by atoms with Gasteiger partial charge in [-0.15, -0.1) is 0 Å². The van der Waals surface area contributed by atoms with Crippen molar-refractivity contribution < 1.29 is 5.11 Å². The summed E-state index contributed by atoms with van der Waals surface area (Å²) in [6.45, 7) is 5.75. The van der Waals surface area contributed by atoms with Gasteiger partial charge in [0.05, 0.1) is 6.61 Å². The second-order valence-corrected chi connectivity index (χ2v) is 4.86. The van der Waals surface area contributed by atoms with E-state index in [0.29, 0.717) is 12.6 Å². The van der Waals surface area contributed by atoms with Crippen LogP contribution in [0.4, 0.5) is 5.69 Å². The number of anilines is 1. The molecule has 2 N–H and O–H groups in total. The maximum absolute atomic E-state index is 8.88. The van der Waals surface area contributed by atoms with Crippen molar-refractivity contribution in [2.45, 2.75) is 26.4 Å². The fourth-order valence-electron chi connectivity index (χ4n) is 1.51. The van der Waals surface area contributed by atoms with Gasteiger partial charge in [0.1, 0.15) is 0 Å². The first-order chi connectivity index (χ1) is 8.04. The Morgan fingerprint density at radius 3 is 2.65 bits per heavy atom. The van der Waals surface area contributed by atoms with E-state index in [1.165, 1.54) is 0 Å². The highest BCUT2D eigenvalue weighted by Crippen LogP contribution is 2.23. The zero-order valence-electron chi connectivity index (χ0n) is 10.7. The molecule has 1 aromatic carbocycles. The Bertz CT molecular complexity index is 355. The molecule has 0 amide bonds. The van der Waals surface area contributed by atoms with Crippen molar-refractivity contribution in [2.75, 3.05) is 25.1 Å². The molecular weight excluding hydrogens is 236 g/mol. The van der Waals surface area contributed by atoms with Crippen LogP contribution in [0.5, 0.6) is 0 Å². The summed E-state index contributed by atoms with van der Waals surface area (Å²) in [6.07, 6.45) is 0. The van der Waals surface area contributed by atoms with Gasteiger partial charge in [-0.3, -0.25) is 0 Å². The third-order valence-corrected chi connectivity index (χ3v) is 2.97. The molecule has 1 aromatic rings. The first-order valence-corrected chi connectivity index (χ1v) is 6.26. The van der Waals surface area contributed by atoms with Crippen LogP contribution in [-0.2, 0) is 6.54 Å². The molecule has 4 heteroatoms. The zero-order valence-corrected chi connectivity index (χ0v) is 11.5. The Hall–Kier alpha value is -0.770. The lowest BCUT2D eigenvalue weighted by molar-refractivity contribution is 0.304. The number of benzene rings is 1. The molecule has 0 bridgehead atoms. The van der Waals surface area contributed by atoms with E-state index in [-0.39, 0.29) is 6.61 Å². The molecule has 0 radical (unpaired) electrons. The number of likely N-dealkylation sites (N-methyl/N-ethyl adjacent to an activating group) is 1. The average molecular weight is 257 g/mol. The van der Waals surface area contributed by atoms with Gasteiger partial charge in [0.25, 0.3) is 0 Å². The number of aliphatic hydroxyl groups is 1. The first-order valence-electron chi connectivity index (χ1n) is 5.88. The van der Waals surface area contributed by atoms with Crippen LogP contribution in [0, 0.1) is 0 Å². The molecule has 0 aliphatic heterocycles. The van der Waals surface area contributed by atoms with E-state index in [4.69, 9.17) is 16.7 Å². The molecule has 96 valence electrons.